The van der Waals surface area contributed by atoms with E-state index in [0.29, 0.717) is 11.2 Å². The maximum Gasteiger partial charge on any atom is 0.225 e. The van der Waals surface area contributed by atoms with Gasteiger partial charge in [0.25, 0.3) is 0 Å². The van der Waals surface area contributed by atoms with Crippen LogP contribution in [0.3, 0.4) is 0 Å². The van der Waals surface area contributed by atoms with E-state index in [1.807, 2.05) is 4.57 Å². The SMILES string of the molecule is Cc1cccc(Cn2c(Cl)nnc2C2CC2)c1. The highest BCUT2D eigenvalue weighted by Crippen LogP contribution is 2.39. The molecule has 1 heterocycles. The zero-order chi connectivity index (χ0) is 11.8. The van der Waals surface area contributed by atoms with Crippen molar-refractivity contribution in [3.8, 4) is 0 Å². The largest absolute Gasteiger partial charge is 0.297 e. The molecule has 1 fully saturated rings. The van der Waals surface area contributed by atoms with Gasteiger partial charge in [0.2, 0.25) is 5.28 Å². The fourth-order valence-corrected chi connectivity index (χ4v) is 2.26. The van der Waals surface area contributed by atoms with Crippen molar-refractivity contribution >= 4 is 11.6 Å². The fourth-order valence-electron chi connectivity index (χ4n) is 2.08. The first-order valence-corrected chi connectivity index (χ1v) is 6.26. The highest BCUT2D eigenvalue weighted by Gasteiger charge is 2.29. The Bertz CT molecular complexity index is 543. The van der Waals surface area contributed by atoms with Crippen LogP contribution < -0.4 is 0 Å². The Morgan fingerprint density at radius 1 is 1.35 bits per heavy atom. The van der Waals surface area contributed by atoms with Gasteiger partial charge in [0.15, 0.2) is 0 Å². The number of aromatic nitrogens is 3. The lowest BCUT2D eigenvalue weighted by Crippen LogP contribution is -2.04. The minimum Gasteiger partial charge on any atom is -0.297 e. The Kier molecular flexibility index (Phi) is 2.63. The maximum absolute atomic E-state index is 6.10. The summed E-state index contributed by atoms with van der Waals surface area (Å²) >= 11 is 6.10. The van der Waals surface area contributed by atoms with Crippen LogP contribution in [0.25, 0.3) is 0 Å². The number of nitrogens with zero attached hydrogens (tertiary/aromatic N) is 3. The first kappa shape index (κ1) is 10.8. The summed E-state index contributed by atoms with van der Waals surface area (Å²) in [6, 6.07) is 8.45. The molecule has 17 heavy (non-hydrogen) atoms. The molecule has 1 aliphatic carbocycles. The molecule has 0 aliphatic heterocycles. The van der Waals surface area contributed by atoms with Gasteiger partial charge in [-0.2, -0.15) is 0 Å². The van der Waals surface area contributed by atoms with Crippen molar-refractivity contribution in [1.82, 2.24) is 14.8 Å². The van der Waals surface area contributed by atoms with Crippen LogP contribution in [0.2, 0.25) is 5.28 Å². The molecule has 0 radical (unpaired) electrons. The molecule has 1 aromatic heterocycles. The third kappa shape index (κ3) is 2.20. The van der Waals surface area contributed by atoms with Crippen LogP contribution >= 0.6 is 11.6 Å². The molecule has 1 aliphatic rings. The molecule has 0 unspecified atom stereocenters. The summed E-state index contributed by atoms with van der Waals surface area (Å²) in [6.45, 7) is 2.86. The van der Waals surface area contributed by atoms with Crippen molar-refractivity contribution in [2.24, 2.45) is 0 Å². The number of hydrogen-bond donors (Lipinski definition) is 0. The molecular weight excluding hydrogens is 234 g/mol. The van der Waals surface area contributed by atoms with E-state index in [9.17, 15) is 0 Å². The molecule has 2 aromatic rings. The Morgan fingerprint density at radius 2 is 2.18 bits per heavy atom. The second-order valence-corrected chi connectivity index (χ2v) is 5.01. The second kappa shape index (κ2) is 4.15. The lowest BCUT2D eigenvalue weighted by atomic mass is 10.1. The summed E-state index contributed by atoms with van der Waals surface area (Å²) < 4.78 is 2.02. The van der Waals surface area contributed by atoms with Crippen LogP contribution in [0.5, 0.6) is 0 Å². The van der Waals surface area contributed by atoms with Crippen molar-refractivity contribution in [1.29, 1.82) is 0 Å². The van der Waals surface area contributed by atoms with Crippen LogP contribution in [0.15, 0.2) is 24.3 Å². The molecule has 0 spiro atoms. The van der Waals surface area contributed by atoms with Crippen LogP contribution in [0, 0.1) is 6.92 Å². The Balaban J connectivity index is 1.91. The average molecular weight is 248 g/mol. The van der Waals surface area contributed by atoms with E-state index < -0.39 is 0 Å². The molecule has 3 rings (SSSR count). The van der Waals surface area contributed by atoms with Gasteiger partial charge in [-0.3, -0.25) is 4.57 Å². The zero-order valence-electron chi connectivity index (χ0n) is 9.73. The summed E-state index contributed by atoms with van der Waals surface area (Å²) in [5, 5.41) is 8.65. The van der Waals surface area contributed by atoms with E-state index >= 15 is 0 Å². The van der Waals surface area contributed by atoms with Crippen LogP contribution in [0.4, 0.5) is 0 Å². The number of benzene rings is 1. The van der Waals surface area contributed by atoms with Crippen molar-refractivity contribution in [2.45, 2.75) is 32.2 Å². The molecule has 0 bridgehead atoms. The molecule has 1 aromatic carbocycles. The van der Waals surface area contributed by atoms with Crippen molar-refractivity contribution in [3.63, 3.8) is 0 Å². The summed E-state index contributed by atoms with van der Waals surface area (Å²) in [4.78, 5) is 0. The van der Waals surface area contributed by atoms with Crippen molar-refractivity contribution < 1.29 is 0 Å². The number of rotatable bonds is 3. The van der Waals surface area contributed by atoms with Crippen LogP contribution in [-0.4, -0.2) is 14.8 Å². The van der Waals surface area contributed by atoms with E-state index in [0.717, 1.165) is 12.4 Å². The maximum atomic E-state index is 6.10. The topological polar surface area (TPSA) is 30.7 Å². The minimum atomic E-state index is 0.494. The van der Waals surface area contributed by atoms with Gasteiger partial charge in [-0.05, 0) is 36.9 Å². The number of hydrogen-bond acceptors (Lipinski definition) is 2. The first-order valence-electron chi connectivity index (χ1n) is 5.88. The van der Waals surface area contributed by atoms with Gasteiger partial charge in [-0.15, -0.1) is 10.2 Å². The highest BCUT2D eigenvalue weighted by molar-refractivity contribution is 6.28. The van der Waals surface area contributed by atoms with Gasteiger partial charge >= 0.3 is 0 Å². The minimum absolute atomic E-state index is 0.494. The Hall–Kier alpha value is -1.35. The van der Waals surface area contributed by atoms with Gasteiger partial charge in [0.1, 0.15) is 5.82 Å². The zero-order valence-corrected chi connectivity index (χ0v) is 10.5. The summed E-state index contributed by atoms with van der Waals surface area (Å²) in [6.07, 6.45) is 2.42. The summed E-state index contributed by atoms with van der Waals surface area (Å²) in [7, 11) is 0. The number of aryl methyl sites for hydroxylation is 1. The molecular formula is C13H14ClN3. The van der Waals surface area contributed by atoms with Crippen LogP contribution in [-0.2, 0) is 6.54 Å². The van der Waals surface area contributed by atoms with Gasteiger partial charge in [-0.1, -0.05) is 29.8 Å². The molecule has 0 amide bonds. The third-order valence-corrected chi connectivity index (χ3v) is 3.38. The standard InChI is InChI=1S/C13H14ClN3/c1-9-3-2-4-10(7-9)8-17-12(11-5-6-11)15-16-13(17)14/h2-4,7,11H,5-6,8H2,1H3. The average Bonchev–Trinajstić information content (AvgIpc) is 3.07. The monoisotopic (exact) mass is 247 g/mol. The molecule has 1 saturated carbocycles. The van der Waals surface area contributed by atoms with Crippen LogP contribution in [0.1, 0.15) is 35.7 Å². The van der Waals surface area contributed by atoms with Gasteiger partial charge < -0.3 is 0 Å². The second-order valence-electron chi connectivity index (χ2n) is 4.68. The molecule has 88 valence electrons. The van der Waals surface area contributed by atoms with E-state index in [1.54, 1.807) is 0 Å². The normalized spacial score (nSPS) is 15.2. The predicted octanol–water partition coefficient (Wildman–Crippen LogP) is 3.17. The third-order valence-electron chi connectivity index (χ3n) is 3.10. The van der Waals surface area contributed by atoms with Gasteiger partial charge in [0.05, 0.1) is 6.54 Å². The van der Waals surface area contributed by atoms with Crippen molar-refractivity contribution in [3.05, 3.63) is 46.5 Å². The fraction of sp³-hybridized carbons (Fsp3) is 0.385. The molecule has 4 heteroatoms. The van der Waals surface area contributed by atoms with Crippen molar-refractivity contribution in [2.75, 3.05) is 0 Å². The lowest BCUT2D eigenvalue weighted by Gasteiger charge is -2.07. The molecule has 0 N–H and O–H groups in total. The Morgan fingerprint density at radius 3 is 2.88 bits per heavy atom. The summed E-state index contributed by atoms with van der Waals surface area (Å²) in [5.41, 5.74) is 2.51. The van der Waals surface area contributed by atoms with E-state index in [-0.39, 0.29) is 0 Å². The molecule has 0 saturated heterocycles. The van der Waals surface area contributed by atoms with E-state index in [1.165, 1.54) is 24.0 Å². The number of halogens is 1. The van der Waals surface area contributed by atoms with E-state index in [4.69, 9.17) is 11.6 Å². The van der Waals surface area contributed by atoms with E-state index in [2.05, 4.69) is 41.4 Å². The Labute approximate surface area is 105 Å². The molecule has 0 atom stereocenters. The van der Waals surface area contributed by atoms with Gasteiger partial charge in [0, 0.05) is 5.92 Å². The predicted molar refractivity (Wildman–Crippen MR) is 67.3 cm³/mol. The molecule has 3 nitrogen and oxygen atoms in total. The van der Waals surface area contributed by atoms with Gasteiger partial charge in [-0.25, -0.2) is 0 Å². The lowest BCUT2D eigenvalue weighted by molar-refractivity contribution is 0.727. The first-order chi connectivity index (χ1) is 8.24. The quantitative estimate of drug-likeness (QED) is 0.834. The smallest absolute Gasteiger partial charge is 0.225 e. The summed E-state index contributed by atoms with van der Waals surface area (Å²) in [5.74, 6) is 1.61. The highest BCUT2D eigenvalue weighted by atomic mass is 35.5.